The van der Waals surface area contributed by atoms with Crippen molar-refractivity contribution in [3.05, 3.63) is 35.9 Å². The highest BCUT2D eigenvalue weighted by atomic mass is 16.6. The normalized spacial score (nSPS) is 10.5. The van der Waals surface area contributed by atoms with E-state index >= 15 is 0 Å². The lowest BCUT2D eigenvalue weighted by molar-refractivity contribution is 0.214. The molecule has 0 bridgehead atoms. The molecule has 1 aromatic carbocycles. The smallest absolute Gasteiger partial charge is 0.186 e. The van der Waals surface area contributed by atoms with Crippen LogP contribution in [0.1, 0.15) is 5.56 Å². The second kappa shape index (κ2) is 4.14. The van der Waals surface area contributed by atoms with Gasteiger partial charge in [-0.1, -0.05) is 35.5 Å². The van der Waals surface area contributed by atoms with Crippen molar-refractivity contribution in [2.75, 3.05) is 7.11 Å². The standard InChI is InChI=1S/C9H8N2O/c1-12-11-9(7-10)8-5-3-2-4-6-8/h2-6H,1H3/b11-9-. The molecular formula is C9H8N2O. The van der Waals surface area contributed by atoms with Gasteiger partial charge >= 0.3 is 0 Å². The summed E-state index contributed by atoms with van der Waals surface area (Å²) in [4.78, 5) is 4.51. The SMILES string of the molecule is CO/N=C(/C#N)c1ccccc1. The Morgan fingerprint density at radius 3 is 2.58 bits per heavy atom. The molecule has 0 N–H and O–H groups in total. The number of hydrogen-bond donors (Lipinski definition) is 0. The predicted molar refractivity (Wildman–Crippen MR) is 45.6 cm³/mol. The summed E-state index contributed by atoms with van der Waals surface area (Å²) < 4.78 is 0. The molecule has 3 nitrogen and oxygen atoms in total. The van der Waals surface area contributed by atoms with Crippen LogP contribution >= 0.6 is 0 Å². The molecule has 1 aromatic rings. The first-order valence-electron chi connectivity index (χ1n) is 3.45. The fourth-order valence-corrected chi connectivity index (χ4v) is 0.825. The van der Waals surface area contributed by atoms with Crippen LogP contribution < -0.4 is 0 Å². The molecule has 60 valence electrons. The van der Waals surface area contributed by atoms with Crippen molar-refractivity contribution in [2.24, 2.45) is 5.16 Å². The highest BCUT2D eigenvalue weighted by Crippen LogP contribution is 2.00. The maximum atomic E-state index is 8.65. The Labute approximate surface area is 70.9 Å². The fourth-order valence-electron chi connectivity index (χ4n) is 0.825. The van der Waals surface area contributed by atoms with Gasteiger partial charge in [0.2, 0.25) is 0 Å². The molecular weight excluding hydrogens is 152 g/mol. The molecule has 0 fully saturated rings. The van der Waals surface area contributed by atoms with E-state index in [0.717, 1.165) is 5.56 Å². The zero-order valence-corrected chi connectivity index (χ0v) is 6.69. The number of nitrogens with zero attached hydrogens (tertiary/aromatic N) is 2. The summed E-state index contributed by atoms with van der Waals surface area (Å²) in [7, 11) is 1.42. The summed E-state index contributed by atoms with van der Waals surface area (Å²) in [6.45, 7) is 0. The van der Waals surface area contributed by atoms with E-state index in [4.69, 9.17) is 5.26 Å². The maximum absolute atomic E-state index is 8.65. The molecule has 0 aliphatic carbocycles. The van der Waals surface area contributed by atoms with Gasteiger partial charge in [-0.05, 0) is 0 Å². The van der Waals surface area contributed by atoms with Crippen molar-refractivity contribution in [3.8, 4) is 6.07 Å². The summed E-state index contributed by atoms with van der Waals surface area (Å²) in [5.74, 6) is 0. The monoisotopic (exact) mass is 160 g/mol. The molecule has 0 unspecified atom stereocenters. The molecule has 0 amide bonds. The highest BCUT2D eigenvalue weighted by molar-refractivity contribution is 6.11. The van der Waals surface area contributed by atoms with Gasteiger partial charge in [0.25, 0.3) is 0 Å². The van der Waals surface area contributed by atoms with E-state index in [0.29, 0.717) is 0 Å². The third kappa shape index (κ3) is 1.83. The van der Waals surface area contributed by atoms with Crippen molar-refractivity contribution in [2.45, 2.75) is 0 Å². The maximum Gasteiger partial charge on any atom is 0.186 e. The molecule has 12 heavy (non-hydrogen) atoms. The Kier molecular flexibility index (Phi) is 2.86. The number of oxime groups is 1. The Hall–Kier alpha value is -1.82. The van der Waals surface area contributed by atoms with Crippen molar-refractivity contribution >= 4 is 5.71 Å². The van der Waals surface area contributed by atoms with Gasteiger partial charge in [-0.3, -0.25) is 0 Å². The quantitative estimate of drug-likeness (QED) is 0.486. The average Bonchev–Trinajstić information content (AvgIpc) is 2.15. The van der Waals surface area contributed by atoms with Crippen LogP contribution in [-0.2, 0) is 4.84 Å². The summed E-state index contributed by atoms with van der Waals surface area (Å²) in [6.07, 6.45) is 0. The van der Waals surface area contributed by atoms with Gasteiger partial charge in [0.1, 0.15) is 13.2 Å². The van der Waals surface area contributed by atoms with Gasteiger partial charge in [0, 0.05) is 5.56 Å². The van der Waals surface area contributed by atoms with Gasteiger partial charge in [-0.2, -0.15) is 5.26 Å². The fraction of sp³-hybridized carbons (Fsp3) is 0.111. The molecule has 0 atom stereocenters. The first-order chi connectivity index (χ1) is 5.88. The van der Waals surface area contributed by atoms with E-state index in [-0.39, 0.29) is 5.71 Å². The van der Waals surface area contributed by atoms with Gasteiger partial charge in [0.05, 0.1) is 0 Å². The van der Waals surface area contributed by atoms with Crippen molar-refractivity contribution in [1.29, 1.82) is 5.26 Å². The minimum Gasteiger partial charge on any atom is -0.398 e. The first-order valence-corrected chi connectivity index (χ1v) is 3.45. The van der Waals surface area contributed by atoms with Crippen molar-refractivity contribution < 1.29 is 4.84 Å². The lowest BCUT2D eigenvalue weighted by Gasteiger charge is -1.94. The number of hydrogen-bond acceptors (Lipinski definition) is 3. The Bertz CT molecular complexity index is 311. The summed E-state index contributed by atoms with van der Waals surface area (Å²) in [6, 6.07) is 11.1. The van der Waals surface area contributed by atoms with Crippen LogP contribution in [0, 0.1) is 11.3 Å². The zero-order chi connectivity index (χ0) is 8.81. The number of benzene rings is 1. The minimum atomic E-state index is 0.290. The van der Waals surface area contributed by atoms with Gasteiger partial charge in [-0.15, -0.1) is 0 Å². The molecule has 0 aliphatic heterocycles. The molecule has 0 saturated carbocycles. The Balaban J connectivity index is 2.98. The Morgan fingerprint density at radius 2 is 2.08 bits per heavy atom. The van der Waals surface area contributed by atoms with E-state index in [1.54, 1.807) is 12.1 Å². The van der Waals surface area contributed by atoms with Gasteiger partial charge in [-0.25, -0.2) is 0 Å². The zero-order valence-electron chi connectivity index (χ0n) is 6.69. The minimum absolute atomic E-state index is 0.290. The topological polar surface area (TPSA) is 45.4 Å². The summed E-state index contributed by atoms with van der Waals surface area (Å²) in [5, 5.41) is 12.2. The number of nitriles is 1. The Morgan fingerprint density at radius 1 is 1.42 bits per heavy atom. The third-order valence-electron chi connectivity index (χ3n) is 1.34. The molecule has 0 heterocycles. The molecule has 0 aliphatic rings. The average molecular weight is 160 g/mol. The van der Waals surface area contributed by atoms with Crippen LogP contribution in [0.15, 0.2) is 35.5 Å². The van der Waals surface area contributed by atoms with Gasteiger partial charge < -0.3 is 4.84 Å². The van der Waals surface area contributed by atoms with E-state index in [1.165, 1.54) is 7.11 Å². The molecule has 1 rings (SSSR count). The third-order valence-corrected chi connectivity index (χ3v) is 1.34. The molecule has 0 radical (unpaired) electrons. The van der Waals surface area contributed by atoms with E-state index < -0.39 is 0 Å². The van der Waals surface area contributed by atoms with Crippen LogP contribution in [0.2, 0.25) is 0 Å². The largest absolute Gasteiger partial charge is 0.398 e. The molecule has 0 aromatic heterocycles. The second-order valence-electron chi connectivity index (χ2n) is 2.10. The molecule has 0 spiro atoms. The summed E-state index contributed by atoms with van der Waals surface area (Å²) in [5.41, 5.74) is 1.06. The van der Waals surface area contributed by atoms with E-state index in [1.807, 2.05) is 24.3 Å². The predicted octanol–water partition coefficient (Wildman–Crippen LogP) is 1.56. The highest BCUT2D eigenvalue weighted by Gasteiger charge is 1.99. The van der Waals surface area contributed by atoms with Crippen LogP contribution in [0.5, 0.6) is 0 Å². The van der Waals surface area contributed by atoms with Crippen LogP contribution in [-0.4, -0.2) is 12.8 Å². The van der Waals surface area contributed by atoms with E-state index in [2.05, 4.69) is 9.99 Å². The van der Waals surface area contributed by atoms with E-state index in [9.17, 15) is 0 Å². The lowest BCUT2D eigenvalue weighted by Crippen LogP contribution is -1.96. The molecule has 0 saturated heterocycles. The van der Waals surface area contributed by atoms with Crippen LogP contribution in [0.4, 0.5) is 0 Å². The molecule has 3 heteroatoms. The first kappa shape index (κ1) is 8.28. The van der Waals surface area contributed by atoms with Crippen LogP contribution in [0.25, 0.3) is 0 Å². The van der Waals surface area contributed by atoms with Crippen molar-refractivity contribution in [3.63, 3.8) is 0 Å². The van der Waals surface area contributed by atoms with Crippen molar-refractivity contribution in [1.82, 2.24) is 0 Å². The summed E-state index contributed by atoms with van der Waals surface area (Å²) >= 11 is 0. The lowest BCUT2D eigenvalue weighted by atomic mass is 10.1. The van der Waals surface area contributed by atoms with Crippen LogP contribution in [0.3, 0.4) is 0 Å². The number of rotatable bonds is 2. The van der Waals surface area contributed by atoms with Gasteiger partial charge in [0.15, 0.2) is 5.71 Å². The second-order valence-corrected chi connectivity index (χ2v) is 2.10.